The van der Waals surface area contributed by atoms with Crippen LogP contribution in [0.2, 0.25) is 0 Å². The van der Waals surface area contributed by atoms with E-state index in [1.54, 1.807) is 12.1 Å². The number of unbranched alkanes of at least 4 members (excludes halogenated alkanes) is 12. The number of sulfone groups is 1. The van der Waals surface area contributed by atoms with Gasteiger partial charge in [0.25, 0.3) is 5.16 Å². The van der Waals surface area contributed by atoms with Crippen LogP contribution in [0.25, 0.3) is 5.69 Å². The Balaban J connectivity index is 1.01. The van der Waals surface area contributed by atoms with E-state index >= 15 is 0 Å². The molecule has 0 amide bonds. The molecule has 396 valence electrons. The molecule has 1 aromatic heterocycles. The van der Waals surface area contributed by atoms with Crippen LogP contribution in [0.5, 0.6) is 0 Å². The molecule has 1 aliphatic rings. The topological polar surface area (TPSA) is 176 Å². The van der Waals surface area contributed by atoms with Crippen molar-refractivity contribution in [2.75, 3.05) is 12.4 Å². The lowest BCUT2D eigenvalue weighted by molar-refractivity contribution is -0.334. The molecule has 6 rings (SSSR count). The monoisotopic (exact) mass is 1020 g/mol. The molecule has 73 heavy (non-hydrogen) atoms. The largest absolute Gasteiger partial charge is 0.463 e. The van der Waals surface area contributed by atoms with Crippen molar-refractivity contribution in [3.8, 4) is 5.69 Å². The van der Waals surface area contributed by atoms with Gasteiger partial charge in [-0.1, -0.05) is 191 Å². The SMILES string of the molecule is CC(=O)OC[C@H]1O[C@@H](O[C@H](CCCCCCCCCCCCCCCS(=O)(=O)c2nnnn2-c2ccccc2)C(=O)OC(C)(C)C)[C@H](OCc2ccccc2)[C@@H](OCc2ccccc2)[C@@H]1OCc1ccccc1. The molecule has 0 bridgehead atoms. The smallest absolute Gasteiger partial charge is 0.335 e. The summed E-state index contributed by atoms with van der Waals surface area (Å²) >= 11 is 0. The first-order valence-corrected chi connectivity index (χ1v) is 27.7. The van der Waals surface area contributed by atoms with Crippen LogP contribution in [0, 0.1) is 0 Å². The molecule has 0 saturated carbocycles. The number of para-hydroxylation sites is 1. The molecule has 0 spiro atoms. The van der Waals surface area contributed by atoms with Gasteiger partial charge in [0.2, 0.25) is 9.84 Å². The van der Waals surface area contributed by atoms with Crippen molar-refractivity contribution in [1.29, 1.82) is 0 Å². The fraction of sp³-hybridized carbons (Fsp3) is 0.526. The summed E-state index contributed by atoms with van der Waals surface area (Å²) in [5.41, 5.74) is 2.65. The fourth-order valence-corrected chi connectivity index (χ4v) is 10.1. The molecule has 0 unspecified atom stereocenters. The predicted molar refractivity (Wildman–Crippen MR) is 277 cm³/mol. The molecule has 0 radical (unpaired) electrons. The normalized spacial score (nSPS) is 18.5. The Kier molecular flexibility index (Phi) is 23.5. The number of hydrogen-bond acceptors (Lipinski definition) is 14. The molecule has 1 aliphatic heterocycles. The third-order valence-electron chi connectivity index (χ3n) is 12.5. The highest BCUT2D eigenvalue weighted by atomic mass is 32.2. The zero-order chi connectivity index (χ0) is 51.7. The van der Waals surface area contributed by atoms with Crippen LogP contribution in [-0.4, -0.2) is 95.3 Å². The Labute approximate surface area is 432 Å². The van der Waals surface area contributed by atoms with Crippen molar-refractivity contribution in [1.82, 2.24) is 20.2 Å². The lowest BCUT2D eigenvalue weighted by Gasteiger charge is -2.46. The van der Waals surface area contributed by atoms with Gasteiger partial charge in [0.1, 0.15) is 36.6 Å². The highest BCUT2D eigenvalue weighted by Gasteiger charge is 2.50. The predicted octanol–water partition coefficient (Wildman–Crippen LogP) is 10.7. The van der Waals surface area contributed by atoms with Gasteiger partial charge in [-0.05, 0) is 72.9 Å². The van der Waals surface area contributed by atoms with E-state index in [9.17, 15) is 18.0 Å². The Morgan fingerprint density at radius 1 is 0.616 bits per heavy atom. The molecule has 1 fully saturated rings. The third kappa shape index (κ3) is 19.8. The molecule has 4 aromatic carbocycles. The van der Waals surface area contributed by atoms with E-state index < -0.39 is 64.2 Å². The number of hydrogen-bond donors (Lipinski definition) is 0. The number of ether oxygens (including phenoxy) is 7. The third-order valence-corrected chi connectivity index (χ3v) is 14.1. The van der Waals surface area contributed by atoms with Gasteiger partial charge < -0.3 is 33.2 Å². The standard InChI is InChI=1S/C57H76N4O11S/c1-44(62)66-43-50-51(67-40-45-30-20-16-21-31-45)52(68-41-46-32-22-17-23-33-46)53(69-42-47-34-24-18-25-35-47)55(71-50)70-49(54(63)72-57(2,3)4)38-28-14-12-10-8-6-5-7-9-11-13-15-29-39-73(64,65)56-58-59-60-61(56)48-36-26-19-27-37-48/h16-27,30-37,49-53,55H,5-15,28-29,38-43H2,1-4H3/t49-,50-,51-,52+,53-,55-/m1/s1. The summed E-state index contributed by atoms with van der Waals surface area (Å²) in [6.45, 7) is 7.36. The maximum Gasteiger partial charge on any atom is 0.335 e. The van der Waals surface area contributed by atoms with Gasteiger partial charge in [-0.2, -0.15) is 4.68 Å². The van der Waals surface area contributed by atoms with E-state index in [1.807, 2.05) is 130 Å². The molecule has 5 aromatic rings. The van der Waals surface area contributed by atoms with Gasteiger partial charge in [0.15, 0.2) is 12.4 Å². The maximum atomic E-state index is 14.0. The summed E-state index contributed by atoms with van der Waals surface area (Å²) < 4.78 is 72.5. The maximum absolute atomic E-state index is 14.0. The summed E-state index contributed by atoms with van der Waals surface area (Å²) in [5, 5.41) is 11.2. The fourth-order valence-electron chi connectivity index (χ4n) is 8.72. The van der Waals surface area contributed by atoms with Crippen molar-refractivity contribution in [2.45, 2.75) is 185 Å². The molecule has 15 nitrogen and oxygen atoms in total. The first-order chi connectivity index (χ1) is 35.4. The van der Waals surface area contributed by atoms with E-state index in [1.165, 1.54) is 11.6 Å². The number of aromatic nitrogens is 4. The van der Waals surface area contributed by atoms with Crippen LogP contribution in [0.3, 0.4) is 0 Å². The number of rotatable bonds is 32. The average Bonchev–Trinajstić information content (AvgIpc) is 3.90. The van der Waals surface area contributed by atoms with Crippen molar-refractivity contribution in [3.05, 3.63) is 138 Å². The summed E-state index contributed by atoms with van der Waals surface area (Å²) in [6, 6.07) is 38.4. The van der Waals surface area contributed by atoms with Crippen molar-refractivity contribution >= 4 is 21.8 Å². The van der Waals surface area contributed by atoms with Crippen LogP contribution in [0.15, 0.2) is 126 Å². The number of nitrogens with zero attached hydrogens (tertiary/aromatic N) is 4. The Morgan fingerprint density at radius 2 is 1.07 bits per heavy atom. The van der Waals surface area contributed by atoms with Crippen LogP contribution < -0.4 is 0 Å². The quantitative estimate of drug-likeness (QED) is 0.0294. The summed E-state index contributed by atoms with van der Waals surface area (Å²) in [4.78, 5) is 26.3. The van der Waals surface area contributed by atoms with Gasteiger partial charge >= 0.3 is 11.9 Å². The minimum absolute atomic E-state index is 0.0193. The molecule has 6 atom stereocenters. The minimum Gasteiger partial charge on any atom is -0.463 e. The van der Waals surface area contributed by atoms with E-state index in [0.29, 0.717) is 18.5 Å². The highest BCUT2D eigenvalue weighted by molar-refractivity contribution is 7.91. The highest BCUT2D eigenvalue weighted by Crippen LogP contribution is 2.33. The van der Waals surface area contributed by atoms with Crippen LogP contribution >= 0.6 is 0 Å². The van der Waals surface area contributed by atoms with Crippen LogP contribution in [0.1, 0.15) is 134 Å². The van der Waals surface area contributed by atoms with Gasteiger partial charge in [0, 0.05) is 6.92 Å². The summed E-state index contributed by atoms with van der Waals surface area (Å²) in [7, 11) is -3.60. The van der Waals surface area contributed by atoms with Gasteiger partial charge in [-0.15, -0.1) is 0 Å². The minimum atomic E-state index is -3.60. The summed E-state index contributed by atoms with van der Waals surface area (Å²) in [5.74, 6) is -0.951. The van der Waals surface area contributed by atoms with E-state index in [0.717, 1.165) is 93.7 Å². The molecular formula is C57H76N4O11S. The Morgan fingerprint density at radius 3 is 1.56 bits per heavy atom. The number of tetrazole rings is 1. The molecule has 1 saturated heterocycles. The molecule has 0 aliphatic carbocycles. The Hall–Kier alpha value is -5.36. The van der Waals surface area contributed by atoms with E-state index in [4.69, 9.17) is 33.2 Å². The lowest BCUT2D eigenvalue weighted by Crippen LogP contribution is -2.62. The second-order valence-electron chi connectivity index (χ2n) is 19.7. The zero-order valence-corrected chi connectivity index (χ0v) is 44.0. The van der Waals surface area contributed by atoms with E-state index in [2.05, 4.69) is 15.5 Å². The van der Waals surface area contributed by atoms with Crippen LogP contribution in [-0.2, 0) is 72.4 Å². The van der Waals surface area contributed by atoms with Crippen LogP contribution in [0.4, 0.5) is 0 Å². The Bertz CT molecular complexity index is 2440. The van der Waals surface area contributed by atoms with Gasteiger partial charge in [-0.25, -0.2) is 13.2 Å². The average molecular weight is 1030 g/mol. The molecule has 16 heteroatoms. The van der Waals surface area contributed by atoms with E-state index in [-0.39, 0.29) is 37.3 Å². The summed E-state index contributed by atoms with van der Waals surface area (Å²) in [6.07, 6.45) is 7.93. The molecule has 0 N–H and O–H groups in total. The number of carbonyl (C=O) groups is 2. The molecular weight excluding hydrogens is 949 g/mol. The number of esters is 2. The van der Waals surface area contributed by atoms with Crippen molar-refractivity contribution in [2.24, 2.45) is 0 Å². The lowest BCUT2D eigenvalue weighted by atomic mass is 9.97. The molecule has 2 heterocycles. The van der Waals surface area contributed by atoms with Crippen molar-refractivity contribution < 1.29 is 51.2 Å². The zero-order valence-electron chi connectivity index (χ0n) is 43.1. The number of benzene rings is 4. The second kappa shape index (κ2) is 30.1. The first-order valence-electron chi connectivity index (χ1n) is 26.1. The van der Waals surface area contributed by atoms with Gasteiger partial charge in [0.05, 0.1) is 31.3 Å². The second-order valence-corrected chi connectivity index (χ2v) is 21.7. The van der Waals surface area contributed by atoms with Crippen molar-refractivity contribution in [3.63, 3.8) is 0 Å². The first kappa shape index (κ1) is 56.9. The van der Waals surface area contributed by atoms with Gasteiger partial charge in [-0.3, -0.25) is 4.79 Å². The number of carbonyl (C=O) groups excluding carboxylic acids is 2.